The molecule has 0 atom stereocenters. The molecule has 124 valence electrons. The van der Waals surface area contributed by atoms with Crippen molar-refractivity contribution in [1.82, 2.24) is 10.2 Å². The summed E-state index contributed by atoms with van der Waals surface area (Å²) in [6.07, 6.45) is 0.508. The van der Waals surface area contributed by atoms with Gasteiger partial charge in [0.2, 0.25) is 5.91 Å². The van der Waals surface area contributed by atoms with Crippen molar-refractivity contribution >= 4 is 29.5 Å². The van der Waals surface area contributed by atoms with Crippen LogP contribution in [0.5, 0.6) is 5.75 Å². The highest BCUT2D eigenvalue weighted by molar-refractivity contribution is 6.30. The number of carbonyl (C=O) groups excluding carboxylic acids is 3. The number of ether oxygens (including phenoxy) is 2. The number of carbonyl (C=O) groups is 3. The van der Waals surface area contributed by atoms with Gasteiger partial charge >= 0.3 is 12.0 Å². The molecule has 1 heterocycles. The Kier molecular flexibility index (Phi) is 6.22. The van der Waals surface area contributed by atoms with Crippen molar-refractivity contribution in [2.45, 2.75) is 12.8 Å². The third-order valence-electron chi connectivity index (χ3n) is 3.13. The molecule has 1 fully saturated rings. The predicted octanol–water partition coefficient (Wildman–Crippen LogP) is 1.59. The van der Waals surface area contributed by atoms with E-state index in [1.54, 1.807) is 24.3 Å². The fourth-order valence-corrected chi connectivity index (χ4v) is 2.11. The smallest absolute Gasteiger partial charge is 0.324 e. The van der Waals surface area contributed by atoms with Crippen LogP contribution in [0.4, 0.5) is 4.79 Å². The average molecular weight is 341 g/mol. The summed E-state index contributed by atoms with van der Waals surface area (Å²) in [7, 11) is 0. The van der Waals surface area contributed by atoms with Crippen molar-refractivity contribution in [2.75, 3.05) is 26.3 Å². The van der Waals surface area contributed by atoms with Gasteiger partial charge in [-0.1, -0.05) is 11.6 Å². The molecular weight excluding hydrogens is 324 g/mol. The van der Waals surface area contributed by atoms with E-state index < -0.39 is 12.0 Å². The van der Waals surface area contributed by atoms with Crippen molar-refractivity contribution in [1.29, 1.82) is 0 Å². The van der Waals surface area contributed by atoms with Crippen molar-refractivity contribution in [3.05, 3.63) is 29.3 Å². The maximum absolute atomic E-state index is 11.5. The van der Waals surface area contributed by atoms with Gasteiger partial charge in [0.25, 0.3) is 0 Å². The molecular formula is C15H17ClN2O5. The Morgan fingerprint density at radius 1 is 1.22 bits per heavy atom. The van der Waals surface area contributed by atoms with E-state index >= 15 is 0 Å². The monoisotopic (exact) mass is 340 g/mol. The normalized spacial score (nSPS) is 13.9. The van der Waals surface area contributed by atoms with E-state index in [0.717, 1.165) is 4.90 Å². The molecule has 7 nitrogen and oxygen atoms in total. The van der Waals surface area contributed by atoms with Crippen LogP contribution in [0.3, 0.4) is 0 Å². The molecule has 8 heteroatoms. The Bertz CT molecular complexity index is 560. The Morgan fingerprint density at radius 2 is 1.96 bits per heavy atom. The highest BCUT2D eigenvalue weighted by Crippen LogP contribution is 2.15. The SMILES string of the molecule is O=C(CCCN1C(=O)CNC1=O)OCCOc1ccc(Cl)cc1. The van der Waals surface area contributed by atoms with Gasteiger partial charge in [0.05, 0.1) is 6.54 Å². The van der Waals surface area contributed by atoms with Crippen LogP contribution in [0.15, 0.2) is 24.3 Å². The number of nitrogens with one attached hydrogen (secondary N) is 1. The molecule has 1 saturated heterocycles. The molecule has 23 heavy (non-hydrogen) atoms. The summed E-state index contributed by atoms with van der Waals surface area (Å²) in [5, 5.41) is 3.03. The zero-order valence-corrected chi connectivity index (χ0v) is 13.2. The van der Waals surface area contributed by atoms with Crippen LogP contribution in [0, 0.1) is 0 Å². The van der Waals surface area contributed by atoms with E-state index in [2.05, 4.69) is 5.32 Å². The van der Waals surface area contributed by atoms with E-state index in [0.29, 0.717) is 17.2 Å². The van der Waals surface area contributed by atoms with E-state index in [-0.39, 0.29) is 38.6 Å². The van der Waals surface area contributed by atoms with Crippen molar-refractivity contribution in [3.63, 3.8) is 0 Å². The number of nitrogens with zero attached hydrogens (tertiary/aromatic N) is 1. The second-order valence-corrected chi connectivity index (χ2v) is 5.27. The number of amides is 3. The number of benzene rings is 1. The number of halogens is 1. The van der Waals surface area contributed by atoms with Crippen LogP contribution in [-0.2, 0) is 14.3 Å². The summed E-state index contributed by atoms with van der Waals surface area (Å²) < 4.78 is 10.4. The van der Waals surface area contributed by atoms with Crippen molar-refractivity contribution in [2.24, 2.45) is 0 Å². The van der Waals surface area contributed by atoms with E-state index in [4.69, 9.17) is 21.1 Å². The highest BCUT2D eigenvalue weighted by atomic mass is 35.5. The molecule has 1 N–H and O–H groups in total. The van der Waals surface area contributed by atoms with Gasteiger partial charge in [0, 0.05) is 18.0 Å². The zero-order valence-electron chi connectivity index (χ0n) is 12.4. The van der Waals surface area contributed by atoms with Crippen molar-refractivity contribution < 1.29 is 23.9 Å². The van der Waals surface area contributed by atoms with Gasteiger partial charge < -0.3 is 14.8 Å². The first-order chi connectivity index (χ1) is 11.1. The lowest BCUT2D eigenvalue weighted by Crippen LogP contribution is -2.32. The highest BCUT2D eigenvalue weighted by Gasteiger charge is 2.27. The summed E-state index contributed by atoms with van der Waals surface area (Å²) in [5.74, 6) is -0.0273. The molecule has 0 saturated carbocycles. The molecule has 1 aliphatic heterocycles. The molecule has 1 aromatic rings. The van der Waals surface area contributed by atoms with Gasteiger partial charge in [-0.25, -0.2) is 4.79 Å². The minimum Gasteiger partial charge on any atom is -0.490 e. The number of imide groups is 1. The number of esters is 1. The summed E-state index contributed by atoms with van der Waals surface area (Å²) in [4.78, 5) is 35.2. The molecule has 3 amide bonds. The minimum atomic E-state index is -0.417. The molecule has 2 rings (SSSR count). The van der Waals surface area contributed by atoms with Crippen molar-refractivity contribution in [3.8, 4) is 5.75 Å². The largest absolute Gasteiger partial charge is 0.490 e. The molecule has 1 aromatic carbocycles. The van der Waals surface area contributed by atoms with Gasteiger partial charge in [-0.2, -0.15) is 0 Å². The first-order valence-corrected chi connectivity index (χ1v) is 7.56. The first kappa shape index (κ1) is 17.1. The Morgan fingerprint density at radius 3 is 2.61 bits per heavy atom. The molecule has 0 spiro atoms. The molecule has 1 aliphatic rings. The summed E-state index contributed by atoms with van der Waals surface area (Å²) in [6.45, 7) is 0.595. The van der Waals surface area contributed by atoms with Crippen LogP contribution in [0.1, 0.15) is 12.8 Å². The fourth-order valence-electron chi connectivity index (χ4n) is 1.98. The lowest BCUT2D eigenvalue weighted by Gasteiger charge is -2.11. The van der Waals surface area contributed by atoms with Crippen LogP contribution < -0.4 is 10.1 Å². The summed E-state index contributed by atoms with van der Waals surface area (Å²) >= 11 is 5.75. The molecule has 0 aromatic heterocycles. The molecule has 0 aliphatic carbocycles. The lowest BCUT2D eigenvalue weighted by molar-refractivity contribution is -0.144. The second kappa shape index (κ2) is 8.38. The van der Waals surface area contributed by atoms with Gasteiger partial charge in [0.1, 0.15) is 19.0 Å². The third-order valence-corrected chi connectivity index (χ3v) is 3.38. The van der Waals surface area contributed by atoms with Crippen LogP contribution in [-0.4, -0.2) is 49.1 Å². The Balaban J connectivity index is 1.55. The van der Waals surface area contributed by atoms with Crippen LogP contribution in [0.2, 0.25) is 5.02 Å². The molecule has 0 unspecified atom stereocenters. The van der Waals surface area contributed by atoms with Crippen LogP contribution >= 0.6 is 11.6 Å². The second-order valence-electron chi connectivity index (χ2n) is 4.83. The van der Waals surface area contributed by atoms with E-state index in [1.807, 2.05) is 0 Å². The number of rotatable bonds is 8. The number of hydrogen-bond acceptors (Lipinski definition) is 5. The number of urea groups is 1. The summed E-state index contributed by atoms with van der Waals surface area (Å²) in [6, 6.07) is 6.45. The third kappa shape index (κ3) is 5.45. The zero-order chi connectivity index (χ0) is 16.7. The topological polar surface area (TPSA) is 84.9 Å². The first-order valence-electron chi connectivity index (χ1n) is 7.18. The maximum atomic E-state index is 11.5. The van der Waals surface area contributed by atoms with Gasteiger partial charge in [0.15, 0.2) is 0 Å². The Labute approximate surface area is 138 Å². The molecule has 0 radical (unpaired) electrons. The average Bonchev–Trinajstić information content (AvgIpc) is 2.85. The Hall–Kier alpha value is -2.28. The van der Waals surface area contributed by atoms with E-state index in [9.17, 15) is 14.4 Å². The lowest BCUT2D eigenvalue weighted by atomic mass is 10.3. The van der Waals surface area contributed by atoms with Crippen LogP contribution in [0.25, 0.3) is 0 Å². The maximum Gasteiger partial charge on any atom is 0.324 e. The van der Waals surface area contributed by atoms with E-state index in [1.165, 1.54) is 0 Å². The van der Waals surface area contributed by atoms with Gasteiger partial charge in [-0.05, 0) is 30.7 Å². The standard InChI is InChI=1S/C15H17ClN2O5/c16-11-3-5-12(6-4-11)22-8-9-23-14(20)2-1-7-18-13(19)10-17-15(18)21/h3-6H,1-2,7-10H2,(H,17,21). The fraction of sp³-hybridized carbons (Fsp3) is 0.400. The molecule has 0 bridgehead atoms. The quantitative estimate of drug-likeness (QED) is 0.441. The summed E-state index contributed by atoms with van der Waals surface area (Å²) in [5.41, 5.74) is 0. The minimum absolute atomic E-state index is 0.0192. The predicted molar refractivity (Wildman–Crippen MR) is 82.3 cm³/mol. The van der Waals surface area contributed by atoms with Gasteiger partial charge in [-0.15, -0.1) is 0 Å². The van der Waals surface area contributed by atoms with Gasteiger partial charge in [-0.3, -0.25) is 14.5 Å². The number of hydrogen-bond donors (Lipinski definition) is 1.